The minimum Gasteiger partial charge on any atom is -0.247 e. The molecule has 11 aromatic carbocycles. The molecule has 12 rings (SSSR count). The number of nitriles is 1. The molecular weight excluding hydrogens is 701 g/mol. The van der Waals surface area contributed by atoms with Crippen molar-refractivity contribution in [2.24, 2.45) is 0 Å². The zero-order valence-corrected chi connectivity index (χ0v) is 31.4. The van der Waals surface area contributed by atoms with E-state index in [4.69, 9.17) is 4.98 Å². The van der Waals surface area contributed by atoms with Crippen molar-refractivity contribution >= 4 is 86.3 Å². The average Bonchev–Trinajstić information content (AvgIpc) is 3.31. The SMILES string of the molecule is N#Cc1cccc(-c2cc3c(-c4ccc5c6ccccc6c6ccccc6c5c4)cc(-c4ccc5c6ccccc6c6ccccc6c5c4)nc3c3ccccc23)c1. The van der Waals surface area contributed by atoms with Gasteiger partial charge in [0.05, 0.1) is 22.8 Å². The molecule has 0 unspecified atom stereocenters. The maximum absolute atomic E-state index is 9.87. The van der Waals surface area contributed by atoms with Crippen LogP contribution in [-0.2, 0) is 0 Å². The molecule has 0 saturated heterocycles. The molecule has 0 aliphatic heterocycles. The summed E-state index contributed by atoms with van der Waals surface area (Å²) in [6, 6.07) is 72.2. The molecule has 0 radical (unpaired) electrons. The Bertz CT molecular complexity index is 3690. The van der Waals surface area contributed by atoms with Gasteiger partial charge in [0.25, 0.3) is 0 Å². The Labute approximate surface area is 334 Å². The Balaban J connectivity index is 1.19. The molecule has 0 amide bonds. The Morgan fingerprint density at radius 2 is 0.707 bits per heavy atom. The number of hydrogen-bond donors (Lipinski definition) is 0. The maximum Gasteiger partial charge on any atom is 0.0991 e. The van der Waals surface area contributed by atoms with Gasteiger partial charge < -0.3 is 0 Å². The number of hydrogen-bond acceptors (Lipinski definition) is 2. The van der Waals surface area contributed by atoms with Crippen LogP contribution in [0.4, 0.5) is 0 Å². The number of nitrogens with zero attached hydrogens (tertiary/aromatic N) is 2. The average molecular weight is 733 g/mol. The fraction of sp³-hybridized carbons (Fsp3) is 0. The van der Waals surface area contributed by atoms with E-state index in [1.807, 2.05) is 18.2 Å². The van der Waals surface area contributed by atoms with E-state index in [1.54, 1.807) is 0 Å². The van der Waals surface area contributed by atoms with Crippen molar-refractivity contribution in [2.45, 2.75) is 0 Å². The molecule has 0 N–H and O–H groups in total. The number of aromatic nitrogens is 1. The summed E-state index contributed by atoms with van der Waals surface area (Å²) in [5.74, 6) is 0. The van der Waals surface area contributed by atoms with E-state index < -0.39 is 0 Å². The first-order chi connectivity index (χ1) is 28.7. The van der Waals surface area contributed by atoms with Crippen LogP contribution >= 0.6 is 0 Å². The van der Waals surface area contributed by atoms with Crippen molar-refractivity contribution in [1.29, 1.82) is 5.26 Å². The fourth-order valence-electron chi connectivity index (χ4n) is 9.58. The van der Waals surface area contributed by atoms with Gasteiger partial charge in [-0.25, -0.2) is 4.98 Å². The lowest BCUT2D eigenvalue weighted by Gasteiger charge is -2.17. The summed E-state index contributed by atoms with van der Waals surface area (Å²) in [6.45, 7) is 0. The third kappa shape index (κ3) is 4.81. The first kappa shape index (κ1) is 32.4. The Kier molecular flexibility index (Phi) is 7.03. The van der Waals surface area contributed by atoms with E-state index >= 15 is 0 Å². The summed E-state index contributed by atoms with van der Waals surface area (Å²) in [6.07, 6.45) is 0. The summed E-state index contributed by atoms with van der Waals surface area (Å²) >= 11 is 0. The largest absolute Gasteiger partial charge is 0.247 e. The lowest BCUT2D eigenvalue weighted by atomic mass is 9.88. The van der Waals surface area contributed by atoms with Gasteiger partial charge in [0, 0.05) is 16.3 Å². The molecule has 0 saturated carbocycles. The van der Waals surface area contributed by atoms with Crippen molar-refractivity contribution in [2.75, 3.05) is 0 Å². The van der Waals surface area contributed by atoms with Crippen molar-refractivity contribution in [3.63, 3.8) is 0 Å². The first-order valence-corrected chi connectivity index (χ1v) is 19.8. The molecule has 0 atom stereocenters. The summed E-state index contributed by atoms with van der Waals surface area (Å²) in [5, 5.41) is 28.1. The van der Waals surface area contributed by atoms with Gasteiger partial charge >= 0.3 is 0 Å². The highest BCUT2D eigenvalue weighted by atomic mass is 14.7. The molecule has 2 nitrogen and oxygen atoms in total. The molecule has 0 aliphatic carbocycles. The van der Waals surface area contributed by atoms with E-state index in [-0.39, 0.29) is 0 Å². The van der Waals surface area contributed by atoms with E-state index in [9.17, 15) is 5.26 Å². The second-order valence-corrected chi connectivity index (χ2v) is 15.3. The smallest absolute Gasteiger partial charge is 0.0991 e. The van der Waals surface area contributed by atoms with E-state index in [1.165, 1.54) is 64.6 Å². The van der Waals surface area contributed by atoms with Crippen molar-refractivity contribution in [3.05, 3.63) is 200 Å². The third-order valence-corrected chi connectivity index (χ3v) is 12.2. The van der Waals surface area contributed by atoms with Crippen LogP contribution in [0.1, 0.15) is 5.56 Å². The van der Waals surface area contributed by atoms with E-state index in [0.29, 0.717) is 5.56 Å². The van der Waals surface area contributed by atoms with Gasteiger partial charge in [0.1, 0.15) is 0 Å². The van der Waals surface area contributed by atoms with Crippen molar-refractivity contribution in [3.8, 4) is 39.6 Å². The minimum absolute atomic E-state index is 0.639. The highest BCUT2D eigenvalue weighted by Crippen LogP contribution is 2.44. The Hall–Kier alpha value is -7.86. The molecule has 0 bridgehead atoms. The molecule has 12 aromatic rings. The van der Waals surface area contributed by atoms with Crippen LogP contribution in [-0.4, -0.2) is 4.98 Å². The van der Waals surface area contributed by atoms with Crippen LogP contribution in [0, 0.1) is 11.3 Å². The minimum atomic E-state index is 0.639. The predicted octanol–water partition coefficient (Wildman–Crippen LogP) is 15.2. The second-order valence-electron chi connectivity index (χ2n) is 15.3. The molecule has 0 aliphatic rings. The molecule has 2 heteroatoms. The highest BCUT2D eigenvalue weighted by Gasteiger charge is 2.19. The number of fused-ring (bicyclic) bond motifs is 15. The van der Waals surface area contributed by atoms with Crippen LogP contribution in [0.5, 0.6) is 0 Å². The number of rotatable bonds is 3. The first-order valence-electron chi connectivity index (χ1n) is 19.8. The standard InChI is InChI=1S/C56H32N2/c57-33-34-12-11-13-35(28-34)50-31-54-51(36-24-26-47-42-18-3-1-14-38(42)40-16-5-7-20-44(40)52(47)29-36)32-55(58-56(54)49-23-10-9-22-46(49)50)37-25-27-48-43-19-4-2-15-39(43)41-17-6-8-21-45(41)53(48)30-37/h1-32H. The Morgan fingerprint density at radius 3 is 1.24 bits per heavy atom. The third-order valence-electron chi connectivity index (χ3n) is 12.2. The van der Waals surface area contributed by atoms with Gasteiger partial charge in [-0.05, 0) is 129 Å². The van der Waals surface area contributed by atoms with Gasteiger partial charge in [-0.3, -0.25) is 0 Å². The highest BCUT2D eigenvalue weighted by molar-refractivity contribution is 6.27. The second kappa shape index (κ2) is 12.6. The van der Waals surface area contributed by atoms with E-state index in [2.05, 4.69) is 182 Å². The van der Waals surface area contributed by atoms with Gasteiger partial charge in [-0.2, -0.15) is 5.26 Å². The van der Waals surface area contributed by atoms with Crippen LogP contribution in [0.15, 0.2) is 194 Å². The lowest BCUT2D eigenvalue weighted by Crippen LogP contribution is -1.94. The predicted molar refractivity (Wildman–Crippen MR) is 245 cm³/mol. The monoisotopic (exact) mass is 732 g/mol. The molecule has 0 fully saturated rings. The lowest BCUT2D eigenvalue weighted by molar-refractivity contribution is 1.41. The van der Waals surface area contributed by atoms with Crippen LogP contribution in [0.2, 0.25) is 0 Å². The van der Waals surface area contributed by atoms with Crippen molar-refractivity contribution < 1.29 is 0 Å². The molecule has 1 aromatic heterocycles. The number of pyridine rings is 1. The summed E-state index contributed by atoms with van der Waals surface area (Å²) < 4.78 is 0. The normalized spacial score (nSPS) is 11.8. The van der Waals surface area contributed by atoms with Gasteiger partial charge in [-0.15, -0.1) is 0 Å². The molecule has 0 spiro atoms. The Morgan fingerprint density at radius 1 is 0.293 bits per heavy atom. The quantitative estimate of drug-likeness (QED) is 0.170. The molecular formula is C56H32N2. The van der Waals surface area contributed by atoms with Gasteiger partial charge in [-0.1, -0.05) is 158 Å². The van der Waals surface area contributed by atoms with Gasteiger partial charge in [0.15, 0.2) is 0 Å². The molecule has 266 valence electrons. The van der Waals surface area contributed by atoms with Crippen molar-refractivity contribution in [1.82, 2.24) is 4.98 Å². The molecule has 58 heavy (non-hydrogen) atoms. The van der Waals surface area contributed by atoms with Gasteiger partial charge in [0.2, 0.25) is 0 Å². The zero-order valence-electron chi connectivity index (χ0n) is 31.4. The fourth-order valence-corrected chi connectivity index (χ4v) is 9.58. The van der Waals surface area contributed by atoms with Crippen LogP contribution in [0.3, 0.4) is 0 Å². The zero-order chi connectivity index (χ0) is 38.3. The summed E-state index contributed by atoms with van der Waals surface area (Å²) in [7, 11) is 0. The van der Waals surface area contributed by atoms with E-state index in [0.717, 1.165) is 55.2 Å². The summed E-state index contributed by atoms with van der Waals surface area (Å²) in [5.41, 5.74) is 7.93. The summed E-state index contributed by atoms with van der Waals surface area (Å²) in [4.78, 5) is 5.58. The van der Waals surface area contributed by atoms with Crippen LogP contribution < -0.4 is 0 Å². The van der Waals surface area contributed by atoms with Crippen LogP contribution in [0.25, 0.3) is 120 Å². The maximum atomic E-state index is 9.87. The molecule has 1 heterocycles. The number of benzene rings is 11. The topological polar surface area (TPSA) is 36.7 Å².